The number of hydrogen-bond donors (Lipinski definition) is 6. The molecule has 0 saturated heterocycles. The highest BCUT2D eigenvalue weighted by molar-refractivity contribution is 6.09. The van der Waals surface area contributed by atoms with Crippen molar-refractivity contribution in [3.63, 3.8) is 0 Å². The topological polar surface area (TPSA) is 195 Å². The predicted octanol–water partition coefficient (Wildman–Crippen LogP) is 1.23. The standard InChI is InChI=1S/C31H41NO9/c1-13(2)21-24(36)20(27(32)39)25(37)31(41)26(38)22-23(35)19-15(10-7-11-17(19)33)16(12-18(34)14-8-5-6-9-14)29(22,3)28(40)30(21,31)4/h7,10-11,13-14,16,20-22,24,26,28,33,36,38,40-41H,5-6,8-9,12H2,1-4H3,(H2,32,39)/t16-,20-,21+,22-,24?,26?,28-,29+,30+,31+/m1/s1. The van der Waals surface area contributed by atoms with Crippen LogP contribution in [-0.4, -0.2) is 72.7 Å². The maximum absolute atomic E-state index is 14.2. The summed E-state index contributed by atoms with van der Waals surface area (Å²) in [7, 11) is 0. The number of Topliss-reactive ketones (excluding diaryl/α,β-unsaturated/α-hetero) is 3. The summed E-state index contributed by atoms with van der Waals surface area (Å²) in [5.41, 5.74) is -0.710. The lowest BCUT2D eigenvalue weighted by Gasteiger charge is -2.69. The Bertz CT molecular complexity index is 1300. The van der Waals surface area contributed by atoms with E-state index < -0.39 is 81.8 Å². The Morgan fingerprint density at radius 2 is 1.68 bits per heavy atom. The van der Waals surface area contributed by atoms with E-state index in [-0.39, 0.29) is 29.4 Å². The molecule has 10 nitrogen and oxygen atoms in total. The van der Waals surface area contributed by atoms with Crippen LogP contribution < -0.4 is 5.73 Å². The summed E-state index contributed by atoms with van der Waals surface area (Å²) in [6.45, 7) is 6.36. The molecule has 3 fully saturated rings. The van der Waals surface area contributed by atoms with Crippen LogP contribution in [0.4, 0.5) is 0 Å². The Labute approximate surface area is 238 Å². The molecule has 5 rings (SSSR count). The molecule has 1 aromatic carbocycles. The number of ketones is 3. The first-order valence-corrected chi connectivity index (χ1v) is 14.6. The van der Waals surface area contributed by atoms with Crippen molar-refractivity contribution in [3.05, 3.63) is 29.3 Å². The van der Waals surface area contributed by atoms with Crippen molar-refractivity contribution < 1.29 is 44.7 Å². The quantitative estimate of drug-likeness (QED) is 0.282. The van der Waals surface area contributed by atoms with E-state index in [0.717, 1.165) is 25.7 Å². The number of rotatable bonds is 5. The molecule has 3 saturated carbocycles. The van der Waals surface area contributed by atoms with Gasteiger partial charge in [-0.05, 0) is 36.3 Å². The number of phenolic OH excluding ortho intramolecular Hbond substituents is 1. The van der Waals surface area contributed by atoms with Crippen LogP contribution in [0.5, 0.6) is 5.75 Å². The van der Waals surface area contributed by atoms with Gasteiger partial charge in [-0.25, -0.2) is 0 Å². The molecule has 4 aliphatic carbocycles. The Hall–Kier alpha value is -2.66. The van der Waals surface area contributed by atoms with E-state index in [9.17, 15) is 44.7 Å². The zero-order valence-corrected chi connectivity index (χ0v) is 23.9. The number of aliphatic hydroxyl groups is 4. The number of benzene rings is 1. The molecule has 0 spiro atoms. The van der Waals surface area contributed by atoms with Crippen molar-refractivity contribution in [3.8, 4) is 5.75 Å². The van der Waals surface area contributed by atoms with E-state index in [1.165, 1.54) is 13.0 Å². The molecule has 0 aromatic heterocycles. The number of aromatic hydroxyl groups is 1. The molecular weight excluding hydrogens is 530 g/mol. The molecule has 10 heteroatoms. The molecule has 2 unspecified atom stereocenters. The molecule has 0 aliphatic heterocycles. The van der Waals surface area contributed by atoms with Gasteiger partial charge in [0.05, 0.1) is 23.7 Å². The van der Waals surface area contributed by atoms with Gasteiger partial charge in [-0.2, -0.15) is 0 Å². The van der Waals surface area contributed by atoms with E-state index in [0.29, 0.717) is 5.56 Å². The third-order valence-electron chi connectivity index (χ3n) is 11.4. The van der Waals surface area contributed by atoms with Gasteiger partial charge in [0.1, 0.15) is 23.6 Å². The van der Waals surface area contributed by atoms with Crippen LogP contribution in [0.2, 0.25) is 0 Å². The van der Waals surface area contributed by atoms with Gasteiger partial charge in [-0.3, -0.25) is 19.2 Å². The number of fused-ring (bicyclic) bond motifs is 3. The number of aliphatic hydroxyl groups excluding tert-OH is 3. The van der Waals surface area contributed by atoms with Crippen molar-refractivity contribution >= 4 is 23.3 Å². The van der Waals surface area contributed by atoms with Gasteiger partial charge < -0.3 is 31.3 Å². The smallest absolute Gasteiger partial charge is 0.230 e. The summed E-state index contributed by atoms with van der Waals surface area (Å²) in [6.07, 6.45) is -2.34. The fourth-order valence-electron chi connectivity index (χ4n) is 9.50. The first-order chi connectivity index (χ1) is 19.1. The Morgan fingerprint density at radius 1 is 1.07 bits per heavy atom. The van der Waals surface area contributed by atoms with Crippen molar-refractivity contribution in [1.82, 2.24) is 0 Å². The maximum atomic E-state index is 14.2. The second-order valence-electron chi connectivity index (χ2n) is 13.6. The van der Waals surface area contributed by atoms with Crippen LogP contribution in [0.25, 0.3) is 0 Å². The average molecular weight is 572 g/mol. The molecule has 10 atom stereocenters. The first kappa shape index (κ1) is 29.8. The lowest BCUT2D eigenvalue weighted by Crippen LogP contribution is -2.83. The van der Waals surface area contributed by atoms with Crippen molar-refractivity contribution in [1.29, 1.82) is 0 Å². The zero-order valence-electron chi connectivity index (χ0n) is 23.9. The minimum absolute atomic E-state index is 0.0576. The molecule has 1 aromatic rings. The number of amides is 1. The van der Waals surface area contributed by atoms with Crippen LogP contribution >= 0.6 is 0 Å². The molecule has 1 amide bonds. The van der Waals surface area contributed by atoms with E-state index in [4.69, 9.17) is 5.73 Å². The number of nitrogens with two attached hydrogens (primary N) is 1. The molecule has 0 radical (unpaired) electrons. The fourth-order valence-corrected chi connectivity index (χ4v) is 9.50. The Kier molecular flexibility index (Phi) is 7.05. The van der Waals surface area contributed by atoms with Crippen molar-refractivity contribution in [2.75, 3.05) is 0 Å². The van der Waals surface area contributed by atoms with Gasteiger partial charge in [0, 0.05) is 29.1 Å². The third-order valence-corrected chi connectivity index (χ3v) is 11.4. The molecule has 224 valence electrons. The van der Waals surface area contributed by atoms with E-state index in [2.05, 4.69) is 0 Å². The van der Waals surface area contributed by atoms with Gasteiger partial charge in [-0.1, -0.05) is 52.7 Å². The summed E-state index contributed by atoms with van der Waals surface area (Å²) < 4.78 is 0. The number of hydrogen-bond acceptors (Lipinski definition) is 9. The largest absolute Gasteiger partial charge is 0.507 e. The fraction of sp³-hybridized carbons (Fsp3) is 0.677. The van der Waals surface area contributed by atoms with Gasteiger partial charge in [0.2, 0.25) is 5.91 Å². The van der Waals surface area contributed by atoms with Gasteiger partial charge in [0.25, 0.3) is 0 Å². The molecule has 7 N–H and O–H groups in total. The minimum Gasteiger partial charge on any atom is -0.507 e. The van der Waals surface area contributed by atoms with E-state index in [1.807, 2.05) is 0 Å². The normalized spacial score (nSPS) is 42.5. The van der Waals surface area contributed by atoms with Crippen LogP contribution in [0, 0.1) is 40.4 Å². The number of carbonyl (C=O) groups is 4. The van der Waals surface area contributed by atoms with Crippen LogP contribution in [0.1, 0.15) is 81.6 Å². The molecule has 0 bridgehead atoms. The van der Waals surface area contributed by atoms with Gasteiger partial charge >= 0.3 is 0 Å². The monoisotopic (exact) mass is 571 g/mol. The van der Waals surface area contributed by atoms with Crippen LogP contribution in [-0.2, 0) is 14.4 Å². The SMILES string of the molecule is CC(C)[C@H]1C(O)[C@@H](C(N)=O)C(=O)[C@]2(O)C(O)[C@H]3C(=O)c4c(O)cccc4[C@@H](CC(=O)C4CCCC4)[C@]3(C)[C@@H](O)[C@]12C. The molecule has 4 aliphatic rings. The molecule has 41 heavy (non-hydrogen) atoms. The summed E-state index contributed by atoms with van der Waals surface area (Å²) in [5.74, 6) is -9.90. The average Bonchev–Trinajstić information content (AvgIpc) is 3.43. The Morgan fingerprint density at radius 3 is 2.24 bits per heavy atom. The Balaban J connectivity index is 1.78. The number of carbonyl (C=O) groups excluding carboxylic acids is 4. The lowest BCUT2D eigenvalue weighted by atomic mass is 9.36. The lowest BCUT2D eigenvalue weighted by molar-refractivity contribution is -0.307. The van der Waals surface area contributed by atoms with Gasteiger partial charge in [-0.15, -0.1) is 0 Å². The second kappa shape index (κ2) is 9.69. The van der Waals surface area contributed by atoms with Crippen molar-refractivity contribution in [2.24, 2.45) is 46.2 Å². The predicted molar refractivity (Wildman–Crippen MR) is 145 cm³/mol. The molecular formula is C31H41NO9. The molecule has 0 heterocycles. The summed E-state index contributed by atoms with van der Waals surface area (Å²) in [4.78, 5) is 54.1. The highest BCUT2D eigenvalue weighted by Crippen LogP contribution is 2.68. The van der Waals surface area contributed by atoms with Crippen LogP contribution in [0.15, 0.2) is 18.2 Å². The van der Waals surface area contributed by atoms with Gasteiger partial charge in [0.15, 0.2) is 17.2 Å². The summed E-state index contributed by atoms with van der Waals surface area (Å²) >= 11 is 0. The van der Waals surface area contributed by atoms with Crippen molar-refractivity contribution in [2.45, 2.75) is 89.6 Å². The zero-order chi connectivity index (χ0) is 30.4. The third kappa shape index (κ3) is 3.63. The minimum atomic E-state index is -2.86. The van der Waals surface area contributed by atoms with Crippen LogP contribution in [0.3, 0.4) is 0 Å². The first-order valence-electron chi connectivity index (χ1n) is 14.6. The summed E-state index contributed by atoms with van der Waals surface area (Å²) in [5, 5.41) is 58.9. The highest BCUT2D eigenvalue weighted by Gasteiger charge is 2.80. The van der Waals surface area contributed by atoms with E-state index in [1.54, 1.807) is 32.9 Å². The highest BCUT2D eigenvalue weighted by atomic mass is 16.4. The second-order valence-corrected chi connectivity index (χ2v) is 13.6. The number of primary amides is 1. The van der Waals surface area contributed by atoms with E-state index >= 15 is 0 Å². The maximum Gasteiger partial charge on any atom is 0.230 e. The summed E-state index contributed by atoms with van der Waals surface area (Å²) in [6, 6.07) is 4.47. The number of phenols is 1.